The third kappa shape index (κ3) is 2.70. The predicted octanol–water partition coefficient (Wildman–Crippen LogP) is 0.945. The number of hydrogen-bond donors (Lipinski definition) is 1. The molecule has 0 bridgehead atoms. The highest BCUT2D eigenvalue weighted by molar-refractivity contribution is 7.90. The molecule has 1 N–H and O–H groups in total. The summed E-state index contributed by atoms with van der Waals surface area (Å²) in [6.07, 6.45) is 2.34. The zero-order chi connectivity index (χ0) is 16.8. The number of methoxy groups -OCH3 is 1. The Morgan fingerprint density at radius 2 is 2.04 bits per heavy atom. The summed E-state index contributed by atoms with van der Waals surface area (Å²) in [5.74, 6) is -0.356. The first-order chi connectivity index (χ1) is 10.8. The van der Waals surface area contributed by atoms with Crippen LogP contribution < -0.4 is 10.1 Å². The number of rotatable bonds is 3. The maximum atomic E-state index is 11.8. The molecule has 1 aromatic heterocycles. The van der Waals surface area contributed by atoms with Crippen LogP contribution in [0.2, 0.25) is 0 Å². The molecule has 0 spiro atoms. The Bertz CT molecular complexity index is 930. The van der Waals surface area contributed by atoms with Crippen LogP contribution in [0.15, 0.2) is 29.3 Å². The van der Waals surface area contributed by atoms with Gasteiger partial charge in [0, 0.05) is 18.0 Å². The summed E-state index contributed by atoms with van der Waals surface area (Å²) in [7, 11) is -1.96. The summed E-state index contributed by atoms with van der Waals surface area (Å²) >= 11 is 0. The summed E-state index contributed by atoms with van der Waals surface area (Å²) in [4.78, 5) is 27.5. The quantitative estimate of drug-likeness (QED) is 0.837. The van der Waals surface area contributed by atoms with Crippen LogP contribution in [0.5, 0.6) is 5.75 Å². The second kappa shape index (κ2) is 5.20. The molecule has 3 rings (SSSR count). The highest BCUT2D eigenvalue weighted by Gasteiger charge is 2.25. The van der Waals surface area contributed by atoms with Crippen molar-refractivity contribution in [3.8, 4) is 17.0 Å². The number of fused-ring (bicyclic) bond motifs is 1. The van der Waals surface area contributed by atoms with Gasteiger partial charge in [0.25, 0.3) is 0 Å². The van der Waals surface area contributed by atoms with Gasteiger partial charge in [0.2, 0.25) is 17.8 Å². The molecule has 0 saturated carbocycles. The van der Waals surface area contributed by atoms with Crippen LogP contribution in [0.25, 0.3) is 11.3 Å². The molecule has 1 aromatic carbocycles. The second-order valence-electron chi connectivity index (χ2n) is 5.07. The smallest absolute Gasteiger partial charge is 0.242 e. The van der Waals surface area contributed by atoms with Crippen molar-refractivity contribution in [1.29, 1.82) is 0 Å². The number of nitrogens with one attached hydrogen (secondary N) is 1. The molecule has 1 aliphatic heterocycles. The number of carbonyl (C=O) groups excluding carboxylic acids is 2. The van der Waals surface area contributed by atoms with Gasteiger partial charge in [0.05, 0.1) is 17.7 Å². The fourth-order valence-electron chi connectivity index (χ4n) is 2.29. The Hall–Kier alpha value is -2.68. The van der Waals surface area contributed by atoms with Crippen molar-refractivity contribution in [3.63, 3.8) is 0 Å². The van der Waals surface area contributed by atoms with Gasteiger partial charge in [-0.15, -0.1) is 0 Å². The number of carbonyl (C=O) groups is 2. The molecule has 0 atom stereocenters. The maximum absolute atomic E-state index is 11.8. The molecule has 8 nitrogen and oxygen atoms in total. The van der Waals surface area contributed by atoms with Crippen LogP contribution in [-0.2, 0) is 14.6 Å². The van der Waals surface area contributed by atoms with E-state index < -0.39 is 15.7 Å². The third-order valence-corrected chi connectivity index (χ3v) is 4.52. The lowest BCUT2D eigenvalue weighted by molar-refractivity contribution is -0.115. The van der Waals surface area contributed by atoms with Crippen molar-refractivity contribution >= 4 is 27.6 Å². The van der Waals surface area contributed by atoms with E-state index in [0.717, 1.165) is 6.26 Å². The minimum atomic E-state index is -3.37. The van der Waals surface area contributed by atoms with E-state index in [9.17, 15) is 18.0 Å². The average Bonchev–Trinajstić information content (AvgIpc) is 2.89. The zero-order valence-corrected chi connectivity index (χ0v) is 13.2. The number of nitrogens with zero attached hydrogens (tertiary/aromatic N) is 2. The van der Waals surface area contributed by atoms with E-state index in [1.54, 1.807) is 6.07 Å². The number of aromatic nitrogens is 2. The molecule has 0 fully saturated rings. The molecule has 1 aliphatic rings. The number of imidazole rings is 1. The van der Waals surface area contributed by atoms with E-state index in [-0.39, 0.29) is 23.2 Å². The zero-order valence-electron chi connectivity index (χ0n) is 12.4. The van der Waals surface area contributed by atoms with E-state index in [4.69, 9.17) is 4.74 Å². The van der Waals surface area contributed by atoms with Crippen LogP contribution in [0.3, 0.4) is 0 Å². The third-order valence-electron chi connectivity index (χ3n) is 3.41. The summed E-state index contributed by atoms with van der Waals surface area (Å²) in [5, 5.41) is 2.51. The van der Waals surface area contributed by atoms with Gasteiger partial charge in [-0.25, -0.2) is 13.4 Å². The number of sulfone groups is 1. The number of ether oxygens (including phenoxy) is 1. The van der Waals surface area contributed by atoms with Gasteiger partial charge in [-0.3, -0.25) is 19.5 Å². The Morgan fingerprint density at radius 3 is 2.70 bits per heavy atom. The number of amides is 1. The van der Waals surface area contributed by atoms with Gasteiger partial charge in [-0.1, -0.05) is 0 Å². The molecule has 2 aromatic rings. The first-order valence-electron chi connectivity index (χ1n) is 6.60. The lowest BCUT2D eigenvalue weighted by Gasteiger charge is -2.11. The molecule has 2 heterocycles. The van der Waals surface area contributed by atoms with Crippen molar-refractivity contribution in [2.45, 2.75) is 11.3 Å². The lowest BCUT2D eigenvalue weighted by Crippen LogP contribution is -2.28. The van der Waals surface area contributed by atoms with Crippen LogP contribution in [-0.4, -0.2) is 43.1 Å². The number of hydrogen-bond acceptors (Lipinski definition) is 6. The SMILES string of the molecule is COc1cc(S(C)(=O)=O)ccc1-c1cn2c(n1)NC(=O)CC2=O. The molecule has 0 radical (unpaired) electrons. The molecule has 1 amide bonds. The van der Waals surface area contributed by atoms with Crippen molar-refractivity contribution in [2.24, 2.45) is 0 Å². The number of benzene rings is 1. The van der Waals surface area contributed by atoms with Gasteiger partial charge >= 0.3 is 0 Å². The Balaban J connectivity index is 2.11. The molecule has 23 heavy (non-hydrogen) atoms. The van der Waals surface area contributed by atoms with Gasteiger partial charge in [-0.2, -0.15) is 0 Å². The van der Waals surface area contributed by atoms with Crippen LogP contribution in [0.4, 0.5) is 5.95 Å². The van der Waals surface area contributed by atoms with Gasteiger partial charge in [0.15, 0.2) is 9.84 Å². The second-order valence-corrected chi connectivity index (χ2v) is 7.09. The first-order valence-corrected chi connectivity index (χ1v) is 8.49. The standard InChI is InChI=1S/C14H13N3O5S/c1-22-11-5-8(23(2,20)21)3-4-9(11)10-7-17-13(19)6-12(18)16-14(17)15-10/h3-5,7H,6H2,1-2H3,(H,15,16,18). The highest BCUT2D eigenvalue weighted by atomic mass is 32.2. The predicted molar refractivity (Wildman–Crippen MR) is 81.2 cm³/mol. The van der Waals surface area contributed by atoms with Crippen molar-refractivity contribution in [3.05, 3.63) is 24.4 Å². The topological polar surface area (TPSA) is 107 Å². The largest absolute Gasteiger partial charge is 0.496 e. The Kier molecular flexibility index (Phi) is 3.44. The highest BCUT2D eigenvalue weighted by Crippen LogP contribution is 2.33. The fraction of sp³-hybridized carbons (Fsp3) is 0.214. The summed E-state index contributed by atoms with van der Waals surface area (Å²) in [6, 6.07) is 4.38. The molecule has 0 saturated heterocycles. The number of anilines is 1. The van der Waals surface area contributed by atoms with Gasteiger partial charge in [0.1, 0.15) is 12.2 Å². The summed E-state index contributed by atoms with van der Waals surface area (Å²) in [5.41, 5.74) is 0.913. The Labute approximate surface area is 132 Å². The van der Waals surface area contributed by atoms with Crippen molar-refractivity contribution in [2.75, 3.05) is 18.7 Å². The maximum Gasteiger partial charge on any atom is 0.242 e. The van der Waals surface area contributed by atoms with Crippen LogP contribution in [0, 0.1) is 0 Å². The van der Waals surface area contributed by atoms with E-state index in [2.05, 4.69) is 10.3 Å². The van der Waals surface area contributed by atoms with Crippen LogP contribution >= 0.6 is 0 Å². The fourth-order valence-corrected chi connectivity index (χ4v) is 2.93. The normalized spacial score (nSPS) is 14.3. The van der Waals surface area contributed by atoms with Crippen LogP contribution in [0.1, 0.15) is 11.2 Å². The summed E-state index contributed by atoms with van der Waals surface area (Å²) in [6.45, 7) is 0. The Morgan fingerprint density at radius 1 is 1.30 bits per heavy atom. The average molecular weight is 335 g/mol. The summed E-state index contributed by atoms with van der Waals surface area (Å²) < 4.78 is 29.7. The molecule has 0 unspecified atom stereocenters. The minimum absolute atomic E-state index is 0.117. The van der Waals surface area contributed by atoms with Crippen molar-refractivity contribution < 1.29 is 22.7 Å². The van der Waals surface area contributed by atoms with E-state index >= 15 is 0 Å². The van der Waals surface area contributed by atoms with Gasteiger partial charge < -0.3 is 4.74 Å². The van der Waals surface area contributed by atoms with E-state index in [0.29, 0.717) is 17.0 Å². The van der Waals surface area contributed by atoms with Crippen molar-refractivity contribution in [1.82, 2.24) is 9.55 Å². The molecular weight excluding hydrogens is 322 g/mol. The molecule has 0 aliphatic carbocycles. The van der Waals surface area contributed by atoms with Gasteiger partial charge in [-0.05, 0) is 18.2 Å². The first kappa shape index (κ1) is 15.2. The minimum Gasteiger partial charge on any atom is -0.496 e. The van der Waals surface area contributed by atoms with E-state index in [1.165, 1.54) is 30.0 Å². The monoisotopic (exact) mass is 335 g/mol. The van der Waals surface area contributed by atoms with E-state index in [1.807, 2.05) is 0 Å². The lowest BCUT2D eigenvalue weighted by atomic mass is 10.1. The molecule has 9 heteroatoms. The molecule has 120 valence electrons. The molecular formula is C14H13N3O5S.